The molecule has 6 heteroatoms. The zero-order valence-electron chi connectivity index (χ0n) is 14.6. The number of likely N-dealkylation sites (tertiary alicyclic amines) is 1. The van der Waals surface area contributed by atoms with E-state index in [-0.39, 0.29) is 11.7 Å². The van der Waals surface area contributed by atoms with Crippen LogP contribution in [0.25, 0.3) is 0 Å². The van der Waals surface area contributed by atoms with Crippen molar-refractivity contribution >= 4 is 6.09 Å². The van der Waals surface area contributed by atoms with Crippen LogP contribution in [0.2, 0.25) is 0 Å². The van der Waals surface area contributed by atoms with Gasteiger partial charge in [0.05, 0.1) is 25.4 Å². The van der Waals surface area contributed by atoms with Crippen LogP contribution in [0.5, 0.6) is 0 Å². The van der Waals surface area contributed by atoms with Crippen LogP contribution in [0.1, 0.15) is 40.5 Å². The standard InChI is InChI=1S/C16H31NO5/c1-15(2,3)22-14(18)17-8-7-16(4,13-17)21-12-11-20-10-6-9-19-5/h6-13H2,1-5H3. The Bertz CT molecular complexity index is 342. The Labute approximate surface area is 134 Å². The first-order valence-corrected chi connectivity index (χ1v) is 7.94. The Kier molecular flexibility index (Phi) is 7.59. The first kappa shape index (κ1) is 19.2. The fraction of sp³-hybridized carbons (Fsp3) is 0.938. The quantitative estimate of drug-likeness (QED) is 0.644. The summed E-state index contributed by atoms with van der Waals surface area (Å²) >= 11 is 0. The zero-order valence-corrected chi connectivity index (χ0v) is 14.6. The molecule has 1 fully saturated rings. The highest BCUT2D eigenvalue weighted by Gasteiger charge is 2.38. The minimum Gasteiger partial charge on any atom is -0.444 e. The van der Waals surface area contributed by atoms with Crippen LogP contribution in [0, 0.1) is 0 Å². The molecule has 130 valence electrons. The van der Waals surface area contributed by atoms with Crippen molar-refractivity contribution in [2.24, 2.45) is 0 Å². The van der Waals surface area contributed by atoms with Crippen LogP contribution < -0.4 is 0 Å². The van der Waals surface area contributed by atoms with E-state index in [2.05, 4.69) is 0 Å². The average Bonchev–Trinajstić information content (AvgIpc) is 2.79. The summed E-state index contributed by atoms with van der Waals surface area (Å²) in [4.78, 5) is 13.8. The predicted octanol–water partition coefficient (Wildman–Crippen LogP) is 2.46. The lowest BCUT2D eigenvalue weighted by Gasteiger charge is -2.27. The van der Waals surface area contributed by atoms with Crippen LogP contribution in [0.4, 0.5) is 4.79 Å². The summed E-state index contributed by atoms with van der Waals surface area (Å²) in [6.45, 7) is 11.4. The second-order valence-electron chi connectivity index (χ2n) is 6.91. The number of rotatable bonds is 8. The van der Waals surface area contributed by atoms with Gasteiger partial charge in [0.2, 0.25) is 0 Å². The number of hydrogen-bond acceptors (Lipinski definition) is 5. The predicted molar refractivity (Wildman–Crippen MR) is 84.1 cm³/mol. The van der Waals surface area contributed by atoms with Crippen LogP contribution in [0.3, 0.4) is 0 Å². The minimum atomic E-state index is -0.465. The van der Waals surface area contributed by atoms with E-state index in [1.807, 2.05) is 27.7 Å². The van der Waals surface area contributed by atoms with Crippen LogP contribution >= 0.6 is 0 Å². The van der Waals surface area contributed by atoms with Gasteiger partial charge in [-0.15, -0.1) is 0 Å². The lowest BCUT2D eigenvalue weighted by Crippen LogP contribution is -2.39. The van der Waals surface area contributed by atoms with Gasteiger partial charge in [-0.05, 0) is 40.5 Å². The third kappa shape index (κ3) is 7.42. The number of carbonyl (C=O) groups excluding carboxylic acids is 1. The fourth-order valence-corrected chi connectivity index (χ4v) is 2.29. The summed E-state index contributed by atoms with van der Waals surface area (Å²) in [6, 6.07) is 0. The molecule has 0 spiro atoms. The molecule has 1 rings (SSSR count). The van der Waals surface area contributed by atoms with E-state index in [0.717, 1.165) is 12.8 Å². The summed E-state index contributed by atoms with van der Waals surface area (Å²) in [6.07, 6.45) is 1.44. The second-order valence-corrected chi connectivity index (χ2v) is 6.91. The molecule has 0 radical (unpaired) electrons. The summed E-state index contributed by atoms with van der Waals surface area (Å²) in [7, 11) is 1.68. The Balaban J connectivity index is 2.21. The average molecular weight is 317 g/mol. The topological polar surface area (TPSA) is 57.2 Å². The normalized spacial score (nSPS) is 22.1. The van der Waals surface area contributed by atoms with Gasteiger partial charge in [0.15, 0.2) is 0 Å². The van der Waals surface area contributed by atoms with Gasteiger partial charge < -0.3 is 23.8 Å². The number of nitrogens with zero attached hydrogens (tertiary/aromatic N) is 1. The largest absolute Gasteiger partial charge is 0.444 e. The van der Waals surface area contributed by atoms with Gasteiger partial charge in [0, 0.05) is 26.9 Å². The van der Waals surface area contributed by atoms with Crippen LogP contribution in [-0.4, -0.2) is 68.8 Å². The maximum absolute atomic E-state index is 12.0. The van der Waals surface area contributed by atoms with E-state index in [4.69, 9.17) is 18.9 Å². The highest BCUT2D eigenvalue weighted by molar-refractivity contribution is 5.68. The van der Waals surface area contributed by atoms with Crippen molar-refractivity contribution in [3.05, 3.63) is 0 Å². The van der Waals surface area contributed by atoms with Crippen molar-refractivity contribution in [1.29, 1.82) is 0 Å². The van der Waals surface area contributed by atoms with Gasteiger partial charge in [-0.3, -0.25) is 0 Å². The molecular weight excluding hydrogens is 286 g/mol. The van der Waals surface area contributed by atoms with E-state index < -0.39 is 5.60 Å². The molecule has 1 atom stereocenters. The third-order valence-electron chi connectivity index (χ3n) is 3.40. The zero-order chi connectivity index (χ0) is 16.6. The molecule has 1 unspecified atom stereocenters. The molecule has 0 bridgehead atoms. The Morgan fingerprint density at radius 2 is 1.91 bits per heavy atom. The molecule has 1 heterocycles. The number of hydrogen-bond donors (Lipinski definition) is 0. The smallest absolute Gasteiger partial charge is 0.410 e. The molecule has 0 aliphatic carbocycles. The summed E-state index contributed by atoms with van der Waals surface area (Å²) in [5, 5.41) is 0. The molecule has 1 aliphatic heterocycles. The molecule has 0 aromatic heterocycles. The van der Waals surface area contributed by atoms with E-state index in [9.17, 15) is 4.79 Å². The summed E-state index contributed by atoms with van der Waals surface area (Å²) in [5.41, 5.74) is -0.778. The molecular formula is C16H31NO5. The molecule has 1 amide bonds. The summed E-state index contributed by atoms with van der Waals surface area (Å²) in [5.74, 6) is 0. The minimum absolute atomic E-state index is 0.268. The maximum Gasteiger partial charge on any atom is 0.410 e. The van der Waals surface area contributed by atoms with Crippen molar-refractivity contribution in [1.82, 2.24) is 4.90 Å². The monoisotopic (exact) mass is 317 g/mol. The van der Waals surface area contributed by atoms with Gasteiger partial charge in [0.1, 0.15) is 5.60 Å². The molecule has 1 aliphatic rings. The Hall–Kier alpha value is -0.850. The molecule has 0 saturated carbocycles. The van der Waals surface area contributed by atoms with E-state index in [1.54, 1.807) is 12.0 Å². The van der Waals surface area contributed by atoms with E-state index >= 15 is 0 Å². The van der Waals surface area contributed by atoms with E-state index in [0.29, 0.717) is 39.5 Å². The van der Waals surface area contributed by atoms with Crippen LogP contribution in [0.15, 0.2) is 0 Å². The van der Waals surface area contributed by atoms with Crippen LogP contribution in [-0.2, 0) is 18.9 Å². The third-order valence-corrected chi connectivity index (χ3v) is 3.40. The molecule has 22 heavy (non-hydrogen) atoms. The molecule has 0 N–H and O–H groups in total. The number of carbonyl (C=O) groups is 1. The van der Waals surface area contributed by atoms with Gasteiger partial charge in [0.25, 0.3) is 0 Å². The van der Waals surface area contributed by atoms with Crippen molar-refractivity contribution in [3.63, 3.8) is 0 Å². The lowest BCUT2D eigenvalue weighted by molar-refractivity contribution is -0.0523. The SMILES string of the molecule is COCCCOCCOC1(C)CCN(C(=O)OC(C)(C)C)C1. The lowest BCUT2D eigenvalue weighted by atomic mass is 10.1. The maximum atomic E-state index is 12.0. The van der Waals surface area contributed by atoms with Gasteiger partial charge in [-0.1, -0.05) is 0 Å². The number of ether oxygens (including phenoxy) is 4. The van der Waals surface area contributed by atoms with Crippen molar-refractivity contribution in [2.75, 3.05) is 46.6 Å². The molecule has 6 nitrogen and oxygen atoms in total. The molecule has 0 aromatic rings. The fourth-order valence-electron chi connectivity index (χ4n) is 2.29. The first-order chi connectivity index (χ1) is 10.3. The van der Waals surface area contributed by atoms with Crippen molar-refractivity contribution < 1.29 is 23.7 Å². The van der Waals surface area contributed by atoms with E-state index in [1.165, 1.54) is 0 Å². The number of amides is 1. The Morgan fingerprint density at radius 1 is 1.18 bits per heavy atom. The molecule has 0 aromatic carbocycles. The van der Waals surface area contributed by atoms with Crippen molar-refractivity contribution in [2.45, 2.75) is 51.7 Å². The van der Waals surface area contributed by atoms with Gasteiger partial charge >= 0.3 is 6.09 Å². The first-order valence-electron chi connectivity index (χ1n) is 7.94. The highest BCUT2D eigenvalue weighted by Crippen LogP contribution is 2.26. The number of methoxy groups -OCH3 is 1. The van der Waals surface area contributed by atoms with Gasteiger partial charge in [-0.25, -0.2) is 4.79 Å². The highest BCUT2D eigenvalue weighted by atomic mass is 16.6. The Morgan fingerprint density at radius 3 is 2.55 bits per heavy atom. The summed E-state index contributed by atoms with van der Waals surface area (Å²) < 4.78 is 21.7. The van der Waals surface area contributed by atoms with Gasteiger partial charge in [-0.2, -0.15) is 0 Å². The molecule has 1 saturated heterocycles. The second kappa shape index (κ2) is 8.70. The van der Waals surface area contributed by atoms with Crippen molar-refractivity contribution in [3.8, 4) is 0 Å².